The number of nitrogens with zero attached hydrogens (tertiary/aromatic N) is 2. The second-order valence-electron chi connectivity index (χ2n) is 4.58. The van der Waals surface area contributed by atoms with Crippen molar-refractivity contribution in [1.29, 1.82) is 0 Å². The zero-order valence-electron chi connectivity index (χ0n) is 12.2. The van der Waals surface area contributed by atoms with E-state index in [-0.39, 0.29) is 0 Å². The van der Waals surface area contributed by atoms with Gasteiger partial charge in [0.1, 0.15) is 6.61 Å². The number of rotatable bonds is 7. The Hall–Kier alpha value is -2.01. The van der Waals surface area contributed by atoms with Crippen molar-refractivity contribution < 1.29 is 9.47 Å². The predicted octanol–water partition coefficient (Wildman–Crippen LogP) is 2.12. The lowest BCUT2D eigenvalue weighted by atomic mass is 10.2. The van der Waals surface area contributed by atoms with Crippen molar-refractivity contribution in [3.63, 3.8) is 0 Å². The summed E-state index contributed by atoms with van der Waals surface area (Å²) in [6, 6.07) is 5.99. The summed E-state index contributed by atoms with van der Waals surface area (Å²) in [5.41, 5.74) is 2.21. The standard InChI is InChI=1S/C15H21N3O2/c1-4-16-8-12-5-6-14(15(7-12)19-3)20-11-13-9-17-18(2)10-13/h5-7,9-10,16H,4,8,11H2,1-3H3. The van der Waals surface area contributed by atoms with Gasteiger partial charge in [-0.3, -0.25) is 4.68 Å². The molecule has 0 unspecified atom stereocenters. The second-order valence-corrected chi connectivity index (χ2v) is 4.58. The first-order valence-corrected chi connectivity index (χ1v) is 6.71. The molecule has 1 N–H and O–H groups in total. The van der Waals surface area contributed by atoms with Crippen LogP contribution in [0.3, 0.4) is 0 Å². The molecule has 0 aliphatic rings. The van der Waals surface area contributed by atoms with Crippen LogP contribution in [-0.2, 0) is 20.2 Å². The fraction of sp³-hybridized carbons (Fsp3) is 0.400. The molecule has 1 heterocycles. The Balaban J connectivity index is 2.03. The highest BCUT2D eigenvalue weighted by atomic mass is 16.5. The van der Waals surface area contributed by atoms with Crippen LogP contribution in [0.1, 0.15) is 18.1 Å². The summed E-state index contributed by atoms with van der Waals surface area (Å²) in [6.45, 7) is 4.34. The van der Waals surface area contributed by atoms with Crippen LogP contribution in [0.25, 0.3) is 0 Å². The third-order valence-corrected chi connectivity index (χ3v) is 2.96. The Kier molecular flexibility index (Phi) is 5.01. The number of hydrogen-bond acceptors (Lipinski definition) is 4. The Morgan fingerprint density at radius 3 is 2.75 bits per heavy atom. The highest BCUT2D eigenvalue weighted by molar-refractivity contribution is 5.43. The van der Waals surface area contributed by atoms with Crippen molar-refractivity contribution in [1.82, 2.24) is 15.1 Å². The van der Waals surface area contributed by atoms with Gasteiger partial charge in [0.25, 0.3) is 0 Å². The Morgan fingerprint density at radius 2 is 2.10 bits per heavy atom. The number of nitrogens with one attached hydrogen (secondary N) is 1. The minimum absolute atomic E-state index is 0.483. The van der Waals surface area contributed by atoms with Gasteiger partial charge in [0.15, 0.2) is 11.5 Å². The lowest BCUT2D eigenvalue weighted by Gasteiger charge is -2.12. The molecule has 0 saturated carbocycles. The number of ether oxygens (including phenoxy) is 2. The number of hydrogen-bond donors (Lipinski definition) is 1. The van der Waals surface area contributed by atoms with Crippen LogP contribution in [0.5, 0.6) is 11.5 Å². The molecule has 0 amide bonds. The summed E-state index contributed by atoms with van der Waals surface area (Å²) in [4.78, 5) is 0. The Morgan fingerprint density at radius 1 is 1.25 bits per heavy atom. The van der Waals surface area contributed by atoms with E-state index in [2.05, 4.69) is 17.3 Å². The first-order chi connectivity index (χ1) is 9.72. The van der Waals surface area contributed by atoms with Gasteiger partial charge in [-0.25, -0.2) is 0 Å². The topological polar surface area (TPSA) is 48.3 Å². The van der Waals surface area contributed by atoms with E-state index in [4.69, 9.17) is 9.47 Å². The number of aromatic nitrogens is 2. The van der Waals surface area contributed by atoms with Crippen molar-refractivity contribution in [3.05, 3.63) is 41.7 Å². The van der Waals surface area contributed by atoms with Gasteiger partial charge in [-0.05, 0) is 24.2 Å². The molecule has 0 radical (unpaired) electrons. The summed E-state index contributed by atoms with van der Waals surface area (Å²) >= 11 is 0. The van der Waals surface area contributed by atoms with Crippen LogP contribution in [-0.4, -0.2) is 23.4 Å². The van der Waals surface area contributed by atoms with Crippen molar-refractivity contribution in [2.45, 2.75) is 20.1 Å². The van der Waals surface area contributed by atoms with Gasteiger partial charge >= 0.3 is 0 Å². The first-order valence-electron chi connectivity index (χ1n) is 6.71. The fourth-order valence-corrected chi connectivity index (χ4v) is 1.92. The lowest BCUT2D eigenvalue weighted by Crippen LogP contribution is -2.11. The second kappa shape index (κ2) is 6.96. The molecule has 20 heavy (non-hydrogen) atoms. The number of methoxy groups -OCH3 is 1. The third kappa shape index (κ3) is 3.74. The SMILES string of the molecule is CCNCc1ccc(OCc2cnn(C)c2)c(OC)c1. The van der Waals surface area contributed by atoms with E-state index in [0.29, 0.717) is 6.61 Å². The maximum absolute atomic E-state index is 5.79. The molecule has 0 fully saturated rings. The highest BCUT2D eigenvalue weighted by Gasteiger charge is 2.06. The molecular weight excluding hydrogens is 254 g/mol. The molecule has 108 valence electrons. The summed E-state index contributed by atoms with van der Waals surface area (Å²) in [5.74, 6) is 1.50. The van der Waals surface area contributed by atoms with E-state index in [1.807, 2.05) is 31.4 Å². The van der Waals surface area contributed by atoms with E-state index in [9.17, 15) is 0 Å². The number of benzene rings is 1. The molecule has 0 aliphatic carbocycles. The van der Waals surface area contributed by atoms with Crippen LogP contribution < -0.4 is 14.8 Å². The largest absolute Gasteiger partial charge is 0.493 e. The van der Waals surface area contributed by atoms with Crippen LogP contribution in [0.15, 0.2) is 30.6 Å². The van der Waals surface area contributed by atoms with E-state index in [0.717, 1.165) is 30.2 Å². The zero-order valence-corrected chi connectivity index (χ0v) is 12.2. The highest BCUT2D eigenvalue weighted by Crippen LogP contribution is 2.28. The maximum atomic E-state index is 5.79. The minimum atomic E-state index is 0.483. The quantitative estimate of drug-likeness (QED) is 0.841. The summed E-state index contributed by atoms with van der Waals surface area (Å²) < 4.78 is 12.9. The van der Waals surface area contributed by atoms with Gasteiger partial charge in [-0.15, -0.1) is 0 Å². The molecule has 0 saturated heterocycles. The van der Waals surface area contributed by atoms with Crippen LogP contribution >= 0.6 is 0 Å². The molecule has 0 bridgehead atoms. The van der Waals surface area contributed by atoms with Crippen molar-refractivity contribution in [2.75, 3.05) is 13.7 Å². The summed E-state index contributed by atoms with van der Waals surface area (Å²) in [7, 11) is 3.54. The molecule has 0 atom stereocenters. The molecule has 2 rings (SSSR count). The van der Waals surface area contributed by atoms with E-state index in [1.54, 1.807) is 18.0 Å². The van der Waals surface area contributed by atoms with Gasteiger partial charge < -0.3 is 14.8 Å². The minimum Gasteiger partial charge on any atom is -0.493 e. The van der Waals surface area contributed by atoms with Crippen LogP contribution in [0, 0.1) is 0 Å². The van der Waals surface area contributed by atoms with E-state index >= 15 is 0 Å². The van der Waals surface area contributed by atoms with Gasteiger partial charge in [0.05, 0.1) is 13.3 Å². The van der Waals surface area contributed by atoms with Crippen molar-refractivity contribution >= 4 is 0 Å². The predicted molar refractivity (Wildman–Crippen MR) is 77.9 cm³/mol. The molecule has 5 nitrogen and oxygen atoms in total. The Bertz CT molecular complexity index is 552. The zero-order chi connectivity index (χ0) is 14.4. The van der Waals surface area contributed by atoms with Gasteiger partial charge in [0, 0.05) is 25.4 Å². The van der Waals surface area contributed by atoms with E-state index in [1.165, 1.54) is 5.56 Å². The van der Waals surface area contributed by atoms with Gasteiger partial charge in [-0.1, -0.05) is 13.0 Å². The summed E-state index contributed by atoms with van der Waals surface area (Å²) in [5, 5.41) is 7.41. The molecule has 2 aromatic rings. The smallest absolute Gasteiger partial charge is 0.161 e. The third-order valence-electron chi connectivity index (χ3n) is 2.96. The van der Waals surface area contributed by atoms with Crippen molar-refractivity contribution in [2.24, 2.45) is 7.05 Å². The summed E-state index contributed by atoms with van der Waals surface area (Å²) in [6.07, 6.45) is 3.73. The van der Waals surface area contributed by atoms with E-state index < -0.39 is 0 Å². The van der Waals surface area contributed by atoms with Gasteiger partial charge in [-0.2, -0.15) is 5.10 Å². The average molecular weight is 275 g/mol. The van der Waals surface area contributed by atoms with Crippen molar-refractivity contribution in [3.8, 4) is 11.5 Å². The fourth-order valence-electron chi connectivity index (χ4n) is 1.92. The normalized spacial score (nSPS) is 10.6. The average Bonchev–Trinajstić information content (AvgIpc) is 2.88. The molecule has 0 spiro atoms. The lowest BCUT2D eigenvalue weighted by molar-refractivity contribution is 0.284. The molecule has 1 aromatic heterocycles. The Labute approximate surface area is 119 Å². The monoisotopic (exact) mass is 275 g/mol. The molecule has 0 aliphatic heterocycles. The molecular formula is C15H21N3O2. The van der Waals surface area contributed by atoms with Crippen LogP contribution in [0.4, 0.5) is 0 Å². The molecule has 1 aromatic carbocycles. The number of aryl methyl sites for hydroxylation is 1. The molecule has 5 heteroatoms. The maximum Gasteiger partial charge on any atom is 0.161 e. The van der Waals surface area contributed by atoms with Gasteiger partial charge in [0.2, 0.25) is 0 Å². The van der Waals surface area contributed by atoms with Crippen LogP contribution in [0.2, 0.25) is 0 Å². The first kappa shape index (κ1) is 14.4.